The monoisotopic (exact) mass is 296 g/mol. The van der Waals surface area contributed by atoms with Crippen molar-refractivity contribution in [1.29, 1.82) is 0 Å². The van der Waals surface area contributed by atoms with Gasteiger partial charge in [-0.2, -0.15) is 0 Å². The fraction of sp³-hybridized carbons (Fsp3) is 0.462. The Kier molecular flexibility index (Phi) is 3.43. The van der Waals surface area contributed by atoms with Crippen molar-refractivity contribution in [3.63, 3.8) is 0 Å². The molecule has 0 radical (unpaired) electrons. The van der Waals surface area contributed by atoms with Gasteiger partial charge in [0.1, 0.15) is 0 Å². The van der Waals surface area contributed by atoms with Crippen molar-refractivity contribution < 1.29 is 4.79 Å². The van der Waals surface area contributed by atoms with Gasteiger partial charge in [0, 0.05) is 21.3 Å². The lowest BCUT2D eigenvalue weighted by atomic mass is 10.00. The minimum atomic E-state index is -0.0368. The molecule has 0 spiro atoms. The first-order chi connectivity index (χ1) is 8.00. The molecule has 1 aromatic rings. The molecule has 1 saturated carbocycles. The van der Waals surface area contributed by atoms with Gasteiger partial charge in [0.2, 0.25) is 0 Å². The van der Waals surface area contributed by atoms with Crippen molar-refractivity contribution in [2.75, 3.05) is 5.73 Å². The van der Waals surface area contributed by atoms with Crippen LogP contribution in [0.1, 0.15) is 43.0 Å². The maximum atomic E-state index is 12.1. The van der Waals surface area contributed by atoms with Crippen LogP contribution in [0.3, 0.4) is 0 Å². The zero-order valence-electron chi connectivity index (χ0n) is 9.92. The Hall–Kier alpha value is -1.03. The molecule has 0 heterocycles. The Morgan fingerprint density at radius 1 is 1.41 bits per heavy atom. The van der Waals surface area contributed by atoms with E-state index < -0.39 is 0 Å². The number of nitrogens with two attached hydrogens (primary N) is 1. The van der Waals surface area contributed by atoms with Crippen molar-refractivity contribution >= 4 is 27.5 Å². The Bertz CT molecular complexity index is 439. The van der Waals surface area contributed by atoms with E-state index in [9.17, 15) is 4.79 Å². The molecule has 1 fully saturated rings. The van der Waals surface area contributed by atoms with E-state index in [2.05, 4.69) is 28.2 Å². The predicted octanol–water partition coefficient (Wildman–Crippen LogP) is 3.09. The van der Waals surface area contributed by atoms with Crippen LogP contribution in [0.15, 0.2) is 22.7 Å². The summed E-state index contributed by atoms with van der Waals surface area (Å²) in [5.41, 5.74) is 6.96. The third-order valence-electron chi connectivity index (χ3n) is 3.39. The summed E-state index contributed by atoms with van der Waals surface area (Å²) in [6.45, 7) is 2.12. The number of amides is 1. The number of hydrogen-bond acceptors (Lipinski definition) is 2. The van der Waals surface area contributed by atoms with Gasteiger partial charge in [-0.3, -0.25) is 4.79 Å². The lowest BCUT2D eigenvalue weighted by Crippen LogP contribution is -2.43. The molecule has 1 aliphatic rings. The highest BCUT2D eigenvalue weighted by molar-refractivity contribution is 9.10. The number of nitrogen functional groups attached to an aromatic ring is 1. The van der Waals surface area contributed by atoms with Crippen LogP contribution in [0.2, 0.25) is 0 Å². The van der Waals surface area contributed by atoms with Crippen molar-refractivity contribution in [2.45, 2.75) is 38.1 Å². The van der Waals surface area contributed by atoms with E-state index in [0.29, 0.717) is 11.3 Å². The van der Waals surface area contributed by atoms with Gasteiger partial charge in [-0.05, 0) is 53.9 Å². The van der Waals surface area contributed by atoms with Gasteiger partial charge in [0.05, 0.1) is 0 Å². The maximum Gasteiger partial charge on any atom is 0.251 e. The maximum absolute atomic E-state index is 12.1. The molecule has 0 bridgehead atoms. The summed E-state index contributed by atoms with van der Waals surface area (Å²) in [5.74, 6) is -0.0184. The topological polar surface area (TPSA) is 55.1 Å². The largest absolute Gasteiger partial charge is 0.398 e. The molecule has 1 aromatic carbocycles. The molecule has 1 amide bonds. The molecular weight excluding hydrogens is 280 g/mol. The summed E-state index contributed by atoms with van der Waals surface area (Å²) in [6, 6.07) is 5.27. The summed E-state index contributed by atoms with van der Waals surface area (Å²) in [6.07, 6.45) is 4.52. The number of carbonyl (C=O) groups is 1. The van der Waals surface area contributed by atoms with Gasteiger partial charge in [-0.25, -0.2) is 0 Å². The Morgan fingerprint density at radius 2 is 2.06 bits per heavy atom. The number of anilines is 1. The number of nitrogens with one attached hydrogen (secondary N) is 1. The first kappa shape index (κ1) is 12.4. The van der Waals surface area contributed by atoms with Crippen molar-refractivity contribution in [1.82, 2.24) is 5.32 Å². The second-order valence-electron chi connectivity index (χ2n) is 4.96. The van der Waals surface area contributed by atoms with Crippen LogP contribution in [0, 0.1) is 0 Å². The summed E-state index contributed by atoms with van der Waals surface area (Å²) < 4.78 is 0.765. The fourth-order valence-electron chi connectivity index (χ4n) is 2.29. The molecule has 4 heteroatoms. The molecule has 3 N–H and O–H groups in total. The van der Waals surface area contributed by atoms with Gasteiger partial charge >= 0.3 is 0 Å². The van der Waals surface area contributed by atoms with E-state index in [4.69, 9.17) is 5.73 Å². The van der Waals surface area contributed by atoms with Crippen molar-refractivity contribution in [3.05, 3.63) is 28.2 Å². The lowest BCUT2D eigenvalue weighted by Gasteiger charge is -2.25. The van der Waals surface area contributed by atoms with Crippen molar-refractivity contribution in [3.8, 4) is 0 Å². The van der Waals surface area contributed by atoms with E-state index in [0.717, 1.165) is 17.3 Å². The molecule has 0 saturated heterocycles. The number of hydrogen-bond donors (Lipinski definition) is 2. The Balaban J connectivity index is 2.11. The molecule has 0 atom stereocenters. The molecule has 0 aromatic heterocycles. The molecule has 92 valence electrons. The van der Waals surface area contributed by atoms with E-state index >= 15 is 0 Å². The average Bonchev–Trinajstić information content (AvgIpc) is 2.69. The standard InChI is InChI=1S/C13H17BrN2O/c1-13(6-2-3-7-13)16-12(17)9-4-5-11(15)10(14)8-9/h4-5,8H,2-3,6-7,15H2,1H3,(H,16,17). The summed E-state index contributed by atoms with van der Waals surface area (Å²) in [4.78, 5) is 12.1. The third-order valence-corrected chi connectivity index (χ3v) is 4.07. The molecule has 0 aliphatic heterocycles. The van der Waals surface area contributed by atoms with Gasteiger partial charge in [0.25, 0.3) is 5.91 Å². The predicted molar refractivity (Wildman–Crippen MR) is 72.9 cm³/mol. The Labute approximate surface area is 110 Å². The lowest BCUT2D eigenvalue weighted by molar-refractivity contribution is 0.0908. The van der Waals surface area contributed by atoms with Crippen LogP contribution < -0.4 is 11.1 Å². The molecular formula is C13H17BrN2O. The van der Waals surface area contributed by atoms with Crippen LogP contribution in [-0.4, -0.2) is 11.4 Å². The van der Waals surface area contributed by atoms with Crippen LogP contribution in [0.25, 0.3) is 0 Å². The van der Waals surface area contributed by atoms with E-state index in [1.807, 2.05) is 0 Å². The number of rotatable bonds is 2. The quantitative estimate of drug-likeness (QED) is 0.824. The first-order valence-electron chi connectivity index (χ1n) is 5.88. The fourth-order valence-corrected chi connectivity index (χ4v) is 2.67. The molecule has 17 heavy (non-hydrogen) atoms. The first-order valence-corrected chi connectivity index (χ1v) is 6.67. The van der Waals surface area contributed by atoms with E-state index in [1.54, 1.807) is 18.2 Å². The van der Waals surface area contributed by atoms with E-state index in [-0.39, 0.29) is 11.4 Å². The van der Waals surface area contributed by atoms with Crippen molar-refractivity contribution in [2.24, 2.45) is 0 Å². The SMILES string of the molecule is CC1(NC(=O)c2ccc(N)c(Br)c2)CCCC1. The number of halogens is 1. The van der Waals surface area contributed by atoms with Gasteiger partial charge < -0.3 is 11.1 Å². The highest BCUT2D eigenvalue weighted by Gasteiger charge is 2.30. The molecule has 2 rings (SSSR count). The zero-order chi connectivity index (χ0) is 12.5. The smallest absolute Gasteiger partial charge is 0.251 e. The van der Waals surface area contributed by atoms with Gasteiger partial charge in [-0.15, -0.1) is 0 Å². The van der Waals surface area contributed by atoms with Gasteiger partial charge in [-0.1, -0.05) is 12.8 Å². The molecule has 3 nitrogen and oxygen atoms in total. The molecule has 0 unspecified atom stereocenters. The minimum absolute atomic E-state index is 0.0184. The average molecular weight is 297 g/mol. The molecule has 1 aliphatic carbocycles. The van der Waals surface area contributed by atoms with E-state index in [1.165, 1.54) is 12.8 Å². The third kappa shape index (κ3) is 2.80. The van der Waals surface area contributed by atoms with Crippen LogP contribution in [0.5, 0.6) is 0 Å². The second kappa shape index (κ2) is 4.69. The summed E-state index contributed by atoms with van der Waals surface area (Å²) >= 11 is 3.34. The summed E-state index contributed by atoms with van der Waals surface area (Å²) in [5, 5.41) is 3.12. The zero-order valence-corrected chi connectivity index (χ0v) is 11.5. The van der Waals surface area contributed by atoms with Crippen LogP contribution in [0.4, 0.5) is 5.69 Å². The normalized spacial score (nSPS) is 18.0. The highest BCUT2D eigenvalue weighted by Crippen LogP contribution is 2.29. The Morgan fingerprint density at radius 3 is 2.65 bits per heavy atom. The van der Waals surface area contributed by atoms with Crippen LogP contribution in [-0.2, 0) is 0 Å². The minimum Gasteiger partial charge on any atom is -0.398 e. The van der Waals surface area contributed by atoms with Crippen LogP contribution >= 0.6 is 15.9 Å². The van der Waals surface area contributed by atoms with Gasteiger partial charge in [0.15, 0.2) is 0 Å². The number of carbonyl (C=O) groups excluding carboxylic acids is 1. The second-order valence-corrected chi connectivity index (χ2v) is 5.81. The highest BCUT2D eigenvalue weighted by atomic mass is 79.9. The summed E-state index contributed by atoms with van der Waals surface area (Å²) in [7, 11) is 0. The number of benzene rings is 1.